The first kappa shape index (κ1) is 7.88. The molecule has 0 bridgehead atoms. The highest BCUT2D eigenvalue weighted by Crippen LogP contribution is 1.81. The van der Waals surface area contributed by atoms with Crippen LogP contribution < -0.4 is 11.1 Å². The molecule has 0 unspecified atom stereocenters. The maximum Gasteiger partial charge on any atom is 0.0583 e. The molecule has 0 aromatic rings. The molecule has 0 fully saturated rings. The number of hydrogen-bond acceptors (Lipinski definition) is 3. The van der Waals surface area contributed by atoms with E-state index in [-0.39, 0.29) is 12.6 Å². The van der Waals surface area contributed by atoms with Crippen molar-refractivity contribution in [3.05, 3.63) is 0 Å². The van der Waals surface area contributed by atoms with Crippen LogP contribution in [0.25, 0.3) is 0 Å². The summed E-state index contributed by atoms with van der Waals surface area (Å²) in [7, 11) is 1.87. The lowest BCUT2D eigenvalue weighted by Gasteiger charge is -2.04. The van der Waals surface area contributed by atoms with Crippen LogP contribution in [0.1, 0.15) is 6.42 Å². The van der Waals surface area contributed by atoms with Crippen LogP contribution in [0.5, 0.6) is 0 Å². The Kier molecular flexibility index (Phi) is 4.95. The van der Waals surface area contributed by atoms with E-state index in [2.05, 4.69) is 5.32 Å². The van der Waals surface area contributed by atoms with E-state index in [4.69, 9.17) is 10.8 Å². The van der Waals surface area contributed by atoms with Crippen molar-refractivity contribution in [3.63, 3.8) is 0 Å². The van der Waals surface area contributed by atoms with Crippen molar-refractivity contribution >= 4 is 0 Å². The van der Waals surface area contributed by atoms with Gasteiger partial charge in [0.15, 0.2) is 0 Å². The molecule has 0 saturated carbocycles. The summed E-state index contributed by atoms with van der Waals surface area (Å²) in [5, 5.41) is 11.4. The molecule has 3 nitrogen and oxygen atoms in total. The quantitative estimate of drug-likeness (QED) is 0.440. The highest BCUT2D eigenvalue weighted by molar-refractivity contribution is 4.58. The van der Waals surface area contributed by atoms with Gasteiger partial charge in [-0.3, -0.25) is 0 Å². The van der Waals surface area contributed by atoms with Crippen molar-refractivity contribution in [3.8, 4) is 0 Å². The number of rotatable bonds is 4. The summed E-state index contributed by atoms with van der Waals surface area (Å²) >= 11 is 0. The van der Waals surface area contributed by atoms with Gasteiger partial charge in [0.25, 0.3) is 0 Å². The third kappa shape index (κ3) is 4.05. The summed E-state index contributed by atoms with van der Waals surface area (Å²) in [6.45, 7) is 0.962. The standard InChI is InChI=1S/C5H14N2O/c1-7-3-2-5(6)4-8/h5,7-8H,2-4,6H2,1H3/t5-/m0/s1. The molecule has 3 heteroatoms. The van der Waals surface area contributed by atoms with Crippen molar-refractivity contribution in [1.29, 1.82) is 0 Å². The van der Waals surface area contributed by atoms with Crippen LogP contribution in [-0.4, -0.2) is 31.3 Å². The zero-order valence-corrected chi connectivity index (χ0v) is 5.22. The third-order valence-electron chi connectivity index (χ3n) is 1.000. The van der Waals surface area contributed by atoms with E-state index in [1.807, 2.05) is 7.05 Å². The van der Waals surface area contributed by atoms with Crippen LogP contribution in [0.3, 0.4) is 0 Å². The average Bonchev–Trinajstić information content (AvgIpc) is 1.83. The van der Waals surface area contributed by atoms with E-state index >= 15 is 0 Å². The normalized spacial score (nSPS) is 13.9. The molecule has 1 atom stereocenters. The first-order valence-corrected chi connectivity index (χ1v) is 2.82. The molecule has 0 aliphatic carbocycles. The summed E-state index contributed by atoms with van der Waals surface area (Å²) in [5.74, 6) is 0. The molecule has 50 valence electrons. The molecule has 0 radical (unpaired) electrons. The third-order valence-corrected chi connectivity index (χ3v) is 1.000. The van der Waals surface area contributed by atoms with Crippen molar-refractivity contribution in [1.82, 2.24) is 5.32 Å². The second-order valence-electron chi connectivity index (χ2n) is 1.83. The number of aliphatic hydroxyl groups is 1. The molecule has 0 amide bonds. The average molecular weight is 118 g/mol. The summed E-state index contributed by atoms with van der Waals surface area (Å²) in [6, 6.07) is -0.0533. The van der Waals surface area contributed by atoms with E-state index < -0.39 is 0 Å². The summed E-state index contributed by atoms with van der Waals surface area (Å²) < 4.78 is 0. The van der Waals surface area contributed by atoms with Crippen LogP contribution in [0, 0.1) is 0 Å². The summed E-state index contributed by atoms with van der Waals surface area (Å²) in [6.07, 6.45) is 0.840. The molecule has 0 aromatic heterocycles. The fraction of sp³-hybridized carbons (Fsp3) is 1.00. The number of hydrogen-bond donors (Lipinski definition) is 3. The molecule has 4 N–H and O–H groups in total. The molecule has 8 heavy (non-hydrogen) atoms. The SMILES string of the molecule is CNCC[C@H](N)CO. The lowest BCUT2D eigenvalue weighted by molar-refractivity contribution is 0.260. The van der Waals surface area contributed by atoms with E-state index in [0.717, 1.165) is 13.0 Å². The van der Waals surface area contributed by atoms with Gasteiger partial charge in [-0.1, -0.05) is 0 Å². The molecule has 0 saturated heterocycles. The minimum Gasteiger partial charge on any atom is -0.395 e. The van der Waals surface area contributed by atoms with Crippen molar-refractivity contribution in [2.45, 2.75) is 12.5 Å². The molecule has 0 aromatic carbocycles. The molecular weight excluding hydrogens is 104 g/mol. The van der Waals surface area contributed by atoms with Gasteiger partial charge in [-0.2, -0.15) is 0 Å². The fourth-order valence-electron chi connectivity index (χ4n) is 0.421. The molecule has 0 spiro atoms. The van der Waals surface area contributed by atoms with Gasteiger partial charge in [-0.25, -0.2) is 0 Å². The Balaban J connectivity index is 2.86. The maximum absolute atomic E-state index is 8.41. The van der Waals surface area contributed by atoms with Crippen LogP contribution >= 0.6 is 0 Å². The van der Waals surface area contributed by atoms with E-state index in [1.165, 1.54) is 0 Å². The van der Waals surface area contributed by atoms with Crippen LogP contribution in [0.4, 0.5) is 0 Å². The van der Waals surface area contributed by atoms with Crippen LogP contribution in [0.2, 0.25) is 0 Å². The molecule has 0 aliphatic rings. The Labute approximate surface area is 49.9 Å². The Morgan fingerprint density at radius 3 is 2.75 bits per heavy atom. The largest absolute Gasteiger partial charge is 0.395 e. The molecule has 0 aliphatic heterocycles. The highest BCUT2D eigenvalue weighted by Gasteiger charge is 1.95. The van der Waals surface area contributed by atoms with Gasteiger partial charge in [0.05, 0.1) is 6.61 Å². The van der Waals surface area contributed by atoms with Gasteiger partial charge in [0.2, 0.25) is 0 Å². The zero-order valence-electron chi connectivity index (χ0n) is 5.22. The van der Waals surface area contributed by atoms with Gasteiger partial charge in [-0.05, 0) is 20.0 Å². The zero-order chi connectivity index (χ0) is 6.41. The van der Waals surface area contributed by atoms with E-state index in [1.54, 1.807) is 0 Å². The van der Waals surface area contributed by atoms with Gasteiger partial charge in [0, 0.05) is 6.04 Å². The number of aliphatic hydroxyl groups excluding tert-OH is 1. The second kappa shape index (κ2) is 5.03. The maximum atomic E-state index is 8.41. The minimum atomic E-state index is -0.0533. The van der Waals surface area contributed by atoms with Crippen molar-refractivity contribution in [2.75, 3.05) is 20.2 Å². The lowest BCUT2D eigenvalue weighted by Crippen LogP contribution is -2.28. The van der Waals surface area contributed by atoms with E-state index in [0.29, 0.717) is 0 Å². The first-order valence-electron chi connectivity index (χ1n) is 2.82. The van der Waals surface area contributed by atoms with Gasteiger partial charge < -0.3 is 16.2 Å². The Morgan fingerprint density at radius 1 is 1.75 bits per heavy atom. The fourth-order valence-corrected chi connectivity index (χ4v) is 0.421. The van der Waals surface area contributed by atoms with Gasteiger partial charge in [0.1, 0.15) is 0 Å². The summed E-state index contributed by atoms with van der Waals surface area (Å²) in [4.78, 5) is 0. The first-order chi connectivity index (χ1) is 3.81. The predicted octanol–water partition coefficient (Wildman–Crippen LogP) is -1.08. The molecule has 0 rings (SSSR count). The van der Waals surface area contributed by atoms with Crippen LogP contribution in [-0.2, 0) is 0 Å². The predicted molar refractivity (Wildman–Crippen MR) is 33.6 cm³/mol. The van der Waals surface area contributed by atoms with Gasteiger partial charge in [-0.15, -0.1) is 0 Å². The highest BCUT2D eigenvalue weighted by atomic mass is 16.3. The Hall–Kier alpha value is -0.120. The lowest BCUT2D eigenvalue weighted by atomic mass is 10.2. The number of nitrogens with one attached hydrogen (secondary N) is 1. The number of nitrogens with two attached hydrogens (primary N) is 1. The van der Waals surface area contributed by atoms with Crippen molar-refractivity contribution in [2.24, 2.45) is 5.73 Å². The van der Waals surface area contributed by atoms with Crippen molar-refractivity contribution < 1.29 is 5.11 Å². The molecule has 0 heterocycles. The summed E-state index contributed by atoms with van der Waals surface area (Å²) in [5.41, 5.74) is 5.37. The van der Waals surface area contributed by atoms with Gasteiger partial charge >= 0.3 is 0 Å². The van der Waals surface area contributed by atoms with E-state index in [9.17, 15) is 0 Å². The molecular formula is C5H14N2O. The van der Waals surface area contributed by atoms with Crippen LogP contribution in [0.15, 0.2) is 0 Å². The topological polar surface area (TPSA) is 58.3 Å². The minimum absolute atomic E-state index is 0.0533. The Morgan fingerprint density at radius 2 is 2.38 bits per heavy atom. The second-order valence-corrected chi connectivity index (χ2v) is 1.83. The Bertz CT molecular complexity index is 49.7. The smallest absolute Gasteiger partial charge is 0.0583 e. The monoisotopic (exact) mass is 118 g/mol.